The van der Waals surface area contributed by atoms with E-state index in [1.807, 2.05) is 0 Å². The van der Waals surface area contributed by atoms with E-state index in [1.165, 1.54) is 18.2 Å². The van der Waals surface area contributed by atoms with E-state index in [9.17, 15) is 18.0 Å². The summed E-state index contributed by atoms with van der Waals surface area (Å²) in [6.07, 6.45) is 0. The maximum absolute atomic E-state index is 12.4. The van der Waals surface area contributed by atoms with Crippen molar-refractivity contribution in [2.45, 2.75) is 4.90 Å². The predicted molar refractivity (Wildman–Crippen MR) is 89.7 cm³/mol. The van der Waals surface area contributed by atoms with E-state index in [4.69, 9.17) is 0 Å². The Bertz CT molecular complexity index is 944. The van der Waals surface area contributed by atoms with Gasteiger partial charge in [-0.1, -0.05) is 0 Å². The fourth-order valence-electron chi connectivity index (χ4n) is 2.67. The second-order valence-electron chi connectivity index (χ2n) is 5.61. The monoisotopic (exact) mass is 353 g/mol. The van der Waals surface area contributed by atoms with Gasteiger partial charge in [0.2, 0.25) is 10.0 Å². The van der Waals surface area contributed by atoms with Gasteiger partial charge in [-0.2, -0.15) is 0 Å². The van der Waals surface area contributed by atoms with Crippen LogP contribution in [0.25, 0.3) is 10.9 Å². The van der Waals surface area contributed by atoms with Crippen molar-refractivity contribution >= 4 is 20.9 Å². The summed E-state index contributed by atoms with van der Waals surface area (Å²) in [5, 5.41) is 3.36. The smallest absolute Gasteiger partial charge is 0.314 e. The van der Waals surface area contributed by atoms with Crippen molar-refractivity contribution < 1.29 is 8.42 Å². The normalized spacial score (nSPS) is 16.5. The zero-order valence-electron chi connectivity index (χ0n) is 13.0. The highest BCUT2D eigenvalue weighted by atomic mass is 32.2. The molecular formula is C14H19N5O4S. The molecule has 2 aromatic rings. The molecule has 130 valence electrons. The van der Waals surface area contributed by atoms with Crippen LogP contribution in [0.3, 0.4) is 0 Å². The molecule has 4 N–H and O–H groups in total. The molecule has 3 rings (SSSR count). The van der Waals surface area contributed by atoms with Gasteiger partial charge >= 0.3 is 5.69 Å². The molecule has 10 heteroatoms. The van der Waals surface area contributed by atoms with Crippen LogP contribution < -0.4 is 21.3 Å². The highest BCUT2D eigenvalue weighted by Gasteiger charge is 2.16. The molecule has 0 atom stereocenters. The largest absolute Gasteiger partial charge is 0.326 e. The first kappa shape index (κ1) is 16.8. The number of hydrogen-bond donors (Lipinski definition) is 4. The lowest BCUT2D eigenvalue weighted by molar-refractivity contribution is 0.245. The topological polar surface area (TPSA) is 127 Å². The lowest BCUT2D eigenvalue weighted by Gasteiger charge is -2.27. The highest BCUT2D eigenvalue weighted by Crippen LogP contribution is 2.13. The van der Waals surface area contributed by atoms with E-state index in [0.29, 0.717) is 18.6 Å². The molecule has 24 heavy (non-hydrogen) atoms. The van der Waals surface area contributed by atoms with Crippen molar-refractivity contribution in [1.29, 1.82) is 0 Å². The third-order valence-corrected chi connectivity index (χ3v) is 5.41. The van der Waals surface area contributed by atoms with Crippen molar-refractivity contribution in [3.05, 3.63) is 39.0 Å². The van der Waals surface area contributed by atoms with Gasteiger partial charge in [-0.3, -0.25) is 14.7 Å². The molecule has 0 unspecified atom stereocenters. The minimum absolute atomic E-state index is 0.00661. The molecule has 1 aromatic heterocycles. The molecule has 0 amide bonds. The van der Waals surface area contributed by atoms with Gasteiger partial charge < -0.3 is 10.3 Å². The van der Waals surface area contributed by atoms with Crippen LogP contribution in [0.2, 0.25) is 0 Å². The quantitative estimate of drug-likeness (QED) is 0.513. The lowest BCUT2D eigenvalue weighted by Crippen LogP contribution is -2.46. The minimum Gasteiger partial charge on any atom is -0.314 e. The molecule has 0 bridgehead atoms. The Hall–Kier alpha value is -2.01. The van der Waals surface area contributed by atoms with Crippen LogP contribution in [-0.4, -0.2) is 62.6 Å². The Labute approximate surface area is 138 Å². The number of rotatable bonds is 5. The van der Waals surface area contributed by atoms with Gasteiger partial charge in [-0.15, -0.1) is 0 Å². The Morgan fingerprint density at radius 1 is 1.12 bits per heavy atom. The second-order valence-corrected chi connectivity index (χ2v) is 7.37. The third-order valence-electron chi connectivity index (χ3n) is 3.95. The van der Waals surface area contributed by atoms with Gasteiger partial charge in [0.15, 0.2) is 0 Å². The molecule has 1 fully saturated rings. The highest BCUT2D eigenvalue weighted by molar-refractivity contribution is 7.89. The number of H-pyrrole nitrogens is 2. The predicted octanol–water partition coefficient (Wildman–Crippen LogP) is -1.60. The summed E-state index contributed by atoms with van der Waals surface area (Å²) in [5.41, 5.74) is -0.951. The molecule has 0 saturated carbocycles. The zero-order chi connectivity index (χ0) is 17.2. The van der Waals surface area contributed by atoms with E-state index in [1.54, 1.807) is 0 Å². The SMILES string of the molecule is O=c1[nH]c(=O)c2cc(S(=O)(=O)NCCN3CCNCC3)ccc2[nH]1. The van der Waals surface area contributed by atoms with Gasteiger partial charge in [0.05, 0.1) is 15.8 Å². The summed E-state index contributed by atoms with van der Waals surface area (Å²) < 4.78 is 27.3. The molecular weight excluding hydrogens is 334 g/mol. The average molecular weight is 353 g/mol. The van der Waals surface area contributed by atoms with Crippen LogP contribution >= 0.6 is 0 Å². The minimum atomic E-state index is -3.72. The van der Waals surface area contributed by atoms with Crippen LogP contribution in [0.1, 0.15) is 0 Å². The van der Waals surface area contributed by atoms with Crippen LogP contribution in [0.5, 0.6) is 0 Å². The molecule has 0 aliphatic carbocycles. The molecule has 0 spiro atoms. The van der Waals surface area contributed by atoms with Gasteiger partial charge in [0.1, 0.15) is 0 Å². The second kappa shape index (κ2) is 6.85. The summed E-state index contributed by atoms with van der Waals surface area (Å²) in [5.74, 6) is 0. The summed E-state index contributed by atoms with van der Waals surface area (Å²) in [4.78, 5) is 29.7. The number of hydrogen-bond acceptors (Lipinski definition) is 6. The van der Waals surface area contributed by atoms with Crippen LogP contribution in [0, 0.1) is 0 Å². The number of benzene rings is 1. The van der Waals surface area contributed by atoms with Gasteiger partial charge in [0.25, 0.3) is 5.56 Å². The third kappa shape index (κ3) is 3.73. The molecule has 0 radical (unpaired) electrons. The summed E-state index contributed by atoms with van der Waals surface area (Å²) in [6, 6.07) is 4.04. The first-order valence-electron chi connectivity index (χ1n) is 7.65. The van der Waals surface area contributed by atoms with Crippen molar-refractivity contribution in [3.8, 4) is 0 Å². The summed E-state index contributed by atoms with van der Waals surface area (Å²) >= 11 is 0. The number of nitrogens with zero attached hydrogens (tertiary/aromatic N) is 1. The molecule has 9 nitrogen and oxygen atoms in total. The number of aromatic amines is 2. The lowest BCUT2D eigenvalue weighted by atomic mass is 10.2. The Morgan fingerprint density at radius 2 is 1.88 bits per heavy atom. The standard InChI is InChI=1S/C14H19N5O4S/c20-13-11-9-10(1-2-12(11)17-14(21)18-13)24(22,23)16-5-8-19-6-3-15-4-7-19/h1-2,9,15-16H,3-8H2,(H2,17,18,20,21). The summed E-state index contributed by atoms with van der Waals surface area (Å²) in [7, 11) is -3.72. The first-order chi connectivity index (χ1) is 11.5. The van der Waals surface area contributed by atoms with E-state index in [0.717, 1.165) is 26.2 Å². The van der Waals surface area contributed by atoms with Crippen molar-refractivity contribution in [2.75, 3.05) is 39.3 Å². The number of nitrogens with one attached hydrogen (secondary N) is 4. The van der Waals surface area contributed by atoms with E-state index in [2.05, 4.69) is 24.9 Å². The van der Waals surface area contributed by atoms with Gasteiger partial charge in [-0.05, 0) is 18.2 Å². The summed E-state index contributed by atoms with van der Waals surface area (Å²) in [6.45, 7) is 4.50. The van der Waals surface area contributed by atoms with Crippen LogP contribution in [0.4, 0.5) is 0 Å². The first-order valence-corrected chi connectivity index (χ1v) is 9.13. The Kier molecular flexibility index (Phi) is 4.81. The maximum atomic E-state index is 12.4. The number of fused-ring (bicyclic) bond motifs is 1. The van der Waals surface area contributed by atoms with Gasteiger partial charge in [0, 0.05) is 39.3 Å². The molecule has 1 aromatic carbocycles. The molecule has 1 aliphatic rings. The number of sulfonamides is 1. The van der Waals surface area contributed by atoms with Gasteiger partial charge in [-0.25, -0.2) is 17.9 Å². The fourth-order valence-corrected chi connectivity index (χ4v) is 3.71. The maximum Gasteiger partial charge on any atom is 0.326 e. The van der Waals surface area contributed by atoms with E-state index < -0.39 is 21.3 Å². The molecule has 2 heterocycles. The zero-order valence-corrected chi connectivity index (χ0v) is 13.8. The molecule has 1 aliphatic heterocycles. The van der Waals surface area contributed by atoms with Crippen LogP contribution in [0.15, 0.2) is 32.7 Å². The Morgan fingerprint density at radius 3 is 2.62 bits per heavy atom. The fraction of sp³-hybridized carbons (Fsp3) is 0.429. The van der Waals surface area contributed by atoms with E-state index >= 15 is 0 Å². The average Bonchev–Trinajstić information content (AvgIpc) is 2.55. The number of aromatic nitrogens is 2. The Balaban J connectivity index is 1.75. The van der Waals surface area contributed by atoms with Crippen molar-refractivity contribution in [1.82, 2.24) is 24.9 Å². The number of piperazine rings is 1. The molecule has 1 saturated heterocycles. The van der Waals surface area contributed by atoms with Crippen LogP contribution in [-0.2, 0) is 10.0 Å². The van der Waals surface area contributed by atoms with Crippen molar-refractivity contribution in [2.24, 2.45) is 0 Å². The van der Waals surface area contributed by atoms with Crippen molar-refractivity contribution in [3.63, 3.8) is 0 Å². The van der Waals surface area contributed by atoms with E-state index in [-0.39, 0.29) is 10.3 Å².